The summed E-state index contributed by atoms with van der Waals surface area (Å²) in [7, 11) is 0. The molecular formula is C12H10NO5-. The third-order valence-corrected chi connectivity index (χ3v) is 2.62. The number of likely N-dealkylation sites (tertiary alicyclic amines) is 1. The Kier molecular flexibility index (Phi) is 3.27. The molecule has 0 spiro atoms. The van der Waals surface area contributed by atoms with Crippen molar-refractivity contribution in [3.8, 4) is 0 Å². The maximum Gasteiger partial charge on any atom is 0.417 e. The summed E-state index contributed by atoms with van der Waals surface area (Å²) in [6, 6.07) is 7.67. The van der Waals surface area contributed by atoms with Crippen LogP contribution in [-0.2, 0) is 20.9 Å². The zero-order valence-electron chi connectivity index (χ0n) is 9.37. The van der Waals surface area contributed by atoms with Crippen LogP contribution in [0.1, 0.15) is 12.0 Å². The monoisotopic (exact) mass is 248 g/mol. The molecule has 18 heavy (non-hydrogen) atoms. The van der Waals surface area contributed by atoms with E-state index in [1.807, 2.05) is 6.07 Å². The first kappa shape index (κ1) is 12.1. The van der Waals surface area contributed by atoms with Crippen LogP contribution < -0.4 is 5.11 Å². The molecule has 0 aliphatic carbocycles. The zero-order valence-corrected chi connectivity index (χ0v) is 9.37. The van der Waals surface area contributed by atoms with Crippen molar-refractivity contribution in [3.05, 3.63) is 35.9 Å². The Morgan fingerprint density at radius 1 is 1.33 bits per heavy atom. The van der Waals surface area contributed by atoms with E-state index >= 15 is 0 Å². The highest BCUT2D eigenvalue weighted by Gasteiger charge is 2.42. The molecule has 0 radical (unpaired) electrons. The van der Waals surface area contributed by atoms with Crippen molar-refractivity contribution in [1.29, 1.82) is 0 Å². The number of rotatable bonds is 3. The first-order valence-electron chi connectivity index (χ1n) is 5.33. The Labute approximate surface area is 103 Å². The second kappa shape index (κ2) is 4.87. The van der Waals surface area contributed by atoms with E-state index in [-0.39, 0.29) is 13.0 Å². The van der Waals surface area contributed by atoms with Crippen molar-refractivity contribution < 1.29 is 24.2 Å². The van der Waals surface area contributed by atoms with Gasteiger partial charge in [0.25, 0.3) is 0 Å². The van der Waals surface area contributed by atoms with Crippen LogP contribution >= 0.6 is 0 Å². The van der Waals surface area contributed by atoms with Crippen molar-refractivity contribution in [3.63, 3.8) is 0 Å². The van der Waals surface area contributed by atoms with E-state index in [4.69, 9.17) is 4.74 Å². The smallest absolute Gasteiger partial charge is 0.417 e. The molecule has 2 rings (SSSR count). The van der Waals surface area contributed by atoms with Gasteiger partial charge in [0.2, 0.25) is 5.91 Å². The largest absolute Gasteiger partial charge is 0.548 e. The highest BCUT2D eigenvalue weighted by molar-refractivity contribution is 6.04. The Morgan fingerprint density at radius 3 is 2.56 bits per heavy atom. The first-order chi connectivity index (χ1) is 8.59. The van der Waals surface area contributed by atoms with Crippen LogP contribution in [0.25, 0.3) is 0 Å². The third-order valence-electron chi connectivity index (χ3n) is 2.62. The lowest BCUT2D eigenvalue weighted by Gasteiger charge is -2.37. The average Bonchev–Trinajstić information content (AvgIpc) is 2.34. The lowest BCUT2D eigenvalue weighted by Crippen LogP contribution is -2.62. The number of imide groups is 1. The summed E-state index contributed by atoms with van der Waals surface area (Å²) in [4.78, 5) is 33.8. The molecule has 1 saturated heterocycles. The Hall–Kier alpha value is -2.37. The van der Waals surface area contributed by atoms with Crippen LogP contribution in [0.4, 0.5) is 4.79 Å². The van der Waals surface area contributed by atoms with Gasteiger partial charge in [0.05, 0.1) is 18.4 Å². The van der Waals surface area contributed by atoms with Crippen LogP contribution in [0.2, 0.25) is 0 Å². The number of hydrogen-bond donors (Lipinski definition) is 0. The number of carboxylic acid groups (broad SMARTS) is 1. The Balaban J connectivity index is 1.92. The second-order valence-corrected chi connectivity index (χ2v) is 3.84. The molecule has 1 unspecified atom stereocenters. The van der Waals surface area contributed by atoms with Crippen LogP contribution in [0.15, 0.2) is 30.3 Å². The van der Waals surface area contributed by atoms with E-state index in [9.17, 15) is 19.5 Å². The predicted molar refractivity (Wildman–Crippen MR) is 56.9 cm³/mol. The Morgan fingerprint density at radius 2 is 2.00 bits per heavy atom. The van der Waals surface area contributed by atoms with Gasteiger partial charge in [0.15, 0.2) is 0 Å². The Bertz CT molecular complexity index is 485. The van der Waals surface area contributed by atoms with Gasteiger partial charge in [-0.2, -0.15) is 0 Å². The molecule has 2 amide bonds. The highest BCUT2D eigenvalue weighted by Crippen LogP contribution is 2.20. The zero-order chi connectivity index (χ0) is 13.1. The maximum atomic E-state index is 11.5. The number of amides is 2. The van der Waals surface area contributed by atoms with Crippen LogP contribution in [0.3, 0.4) is 0 Å². The minimum absolute atomic E-state index is 0.0107. The van der Waals surface area contributed by atoms with Gasteiger partial charge in [0, 0.05) is 0 Å². The SMILES string of the molecule is O=C([O-])C1CC(=O)N1C(=O)OCc1ccccc1. The summed E-state index contributed by atoms with van der Waals surface area (Å²) in [5.74, 6) is -2.02. The molecule has 1 heterocycles. The van der Waals surface area contributed by atoms with E-state index in [2.05, 4.69) is 0 Å². The topological polar surface area (TPSA) is 86.7 Å². The number of carbonyl (C=O) groups excluding carboxylic acids is 3. The molecule has 94 valence electrons. The number of ether oxygens (including phenoxy) is 1. The van der Waals surface area contributed by atoms with E-state index in [1.54, 1.807) is 24.3 Å². The summed E-state index contributed by atoms with van der Waals surface area (Å²) in [5.41, 5.74) is 0.754. The minimum Gasteiger partial charge on any atom is -0.548 e. The fraction of sp³-hybridized carbons (Fsp3) is 0.250. The number of β-lactam (4-membered cyclic amide) rings is 1. The van der Waals surface area contributed by atoms with Crippen molar-refractivity contribution in [2.45, 2.75) is 19.1 Å². The summed E-state index contributed by atoms with van der Waals surface area (Å²) < 4.78 is 4.86. The van der Waals surface area contributed by atoms with Crippen molar-refractivity contribution in [1.82, 2.24) is 4.90 Å². The summed E-state index contributed by atoms with van der Waals surface area (Å²) >= 11 is 0. The summed E-state index contributed by atoms with van der Waals surface area (Å²) in [6.45, 7) is -0.0107. The number of carbonyl (C=O) groups is 3. The molecule has 1 atom stereocenters. The highest BCUT2D eigenvalue weighted by atomic mass is 16.6. The molecule has 6 heteroatoms. The number of carboxylic acids is 1. The van der Waals surface area contributed by atoms with Crippen LogP contribution in [0, 0.1) is 0 Å². The van der Waals surface area contributed by atoms with Crippen molar-refractivity contribution >= 4 is 18.0 Å². The molecular weight excluding hydrogens is 238 g/mol. The molecule has 1 aromatic rings. The molecule has 1 fully saturated rings. The lowest BCUT2D eigenvalue weighted by atomic mass is 10.0. The number of hydrogen-bond acceptors (Lipinski definition) is 5. The molecule has 6 nitrogen and oxygen atoms in total. The quantitative estimate of drug-likeness (QED) is 0.684. The van der Waals surface area contributed by atoms with Gasteiger partial charge in [-0.25, -0.2) is 9.69 Å². The molecule has 1 aliphatic heterocycles. The summed E-state index contributed by atoms with van der Waals surface area (Å²) in [6.07, 6.45) is -1.17. The lowest BCUT2D eigenvalue weighted by molar-refractivity contribution is -0.313. The standard InChI is InChI=1S/C12H11NO5/c14-10-6-9(11(15)16)13(10)12(17)18-7-8-4-2-1-3-5-8/h1-5,9H,6-7H2,(H,15,16)/p-1. The number of aliphatic carboxylic acids is 1. The molecule has 0 aromatic heterocycles. The van der Waals surface area contributed by atoms with E-state index in [0.717, 1.165) is 5.56 Å². The van der Waals surface area contributed by atoms with Gasteiger partial charge in [0.1, 0.15) is 6.61 Å². The molecule has 0 bridgehead atoms. The van der Waals surface area contributed by atoms with E-state index in [1.165, 1.54) is 0 Å². The average molecular weight is 248 g/mol. The second-order valence-electron chi connectivity index (χ2n) is 3.84. The summed E-state index contributed by atoms with van der Waals surface area (Å²) in [5, 5.41) is 10.6. The predicted octanol–water partition coefficient (Wildman–Crippen LogP) is -0.326. The third kappa shape index (κ3) is 2.32. The van der Waals surface area contributed by atoms with E-state index in [0.29, 0.717) is 4.90 Å². The number of benzene rings is 1. The van der Waals surface area contributed by atoms with Gasteiger partial charge in [-0.3, -0.25) is 4.79 Å². The van der Waals surface area contributed by atoms with Gasteiger partial charge < -0.3 is 14.6 Å². The molecule has 1 aliphatic rings. The first-order valence-corrected chi connectivity index (χ1v) is 5.33. The molecule has 0 N–H and O–H groups in total. The maximum absolute atomic E-state index is 11.5. The van der Waals surface area contributed by atoms with Gasteiger partial charge in [-0.15, -0.1) is 0 Å². The fourth-order valence-corrected chi connectivity index (χ4v) is 1.62. The van der Waals surface area contributed by atoms with Gasteiger partial charge in [-0.05, 0) is 5.56 Å². The van der Waals surface area contributed by atoms with E-state index < -0.39 is 24.0 Å². The van der Waals surface area contributed by atoms with Crippen LogP contribution in [-0.4, -0.2) is 28.9 Å². The fourth-order valence-electron chi connectivity index (χ4n) is 1.62. The van der Waals surface area contributed by atoms with Crippen LogP contribution in [0.5, 0.6) is 0 Å². The molecule has 1 aromatic carbocycles. The van der Waals surface area contributed by atoms with Crippen molar-refractivity contribution in [2.75, 3.05) is 0 Å². The van der Waals surface area contributed by atoms with Gasteiger partial charge >= 0.3 is 6.09 Å². The molecule has 0 saturated carbocycles. The minimum atomic E-state index is -1.45. The number of nitrogens with zero attached hydrogens (tertiary/aromatic N) is 1. The van der Waals surface area contributed by atoms with Crippen molar-refractivity contribution in [2.24, 2.45) is 0 Å². The van der Waals surface area contributed by atoms with Gasteiger partial charge in [-0.1, -0.05) is 30.3 Å². The normalized spacial score (nSPS) is 18.1.